The molecule has 1 atom stereocenters. The van der Waals surface area contributed by atoms with Gasteiger partial charge in [0.25, 0.3) is 0 Å². The highest BCUT2D eigenvalue weighted by atomic mass is 16.2. The molecule has 3 fully saturated rings. The van der Waals surface area contributed by atoms with Crippen LogP contribution in [0.25, 0.3) is 10.9 Å². The van der Waals surface area contributed by atoms with E-state index in [1.165, 1.54) is 48.7 Å². The Bertz CT molecular complexity index is 837. The third-order valence-electron chi connectivity index (χ3n) is 6.78. The highest BCUT2D eigenvalue weighted by Gasteiger charge is 2.45. The van der Waals surface area contributed by atoms with E-state index in [1.807, 2.05) is 0 Å². The molecule has 3 aliphatic rings. The first-order chi connectivity index (χ1) is 12.6. The number of amides is 1. The molecule has 4 nitrogen and oxygen atoms in total. The minimum atomic E-state index is 0.339. The van der Waals surface area contributed by atoms with Crippen molar-refractivity contribution in [2.24, 2.45) is 12.5 Å². The van der Waals surface area contributed by atoms with Gasteiger partial charge in [-0.05, 0) is 67.8 Å². The van der Waals surface area contributed by atoms with Crippen molar-refractivity contribution in [1.82, 2.24) is 14.4 Å². The van der Waals surface area contributed by atoms with Crippen molar-refractivity contribution in [1.29, 1.82) is 0 Å². The van der Waals surface area contributed by atoms with E-state index >= 15 is 0 Å². The first-order valence-electron chi connectivity index (χ1n) is 10.2. The molecule has 3 heterocycles. The van der Waals surface area contributed by atoms with E-state index in [0.717, 1.165) is 32.5 Å². The molecule has 0 radical (unpaired) electrons. The van der Waals surface area contributed by atoms with Crippen LogP contribution < -0.4 is 0 Å². The second kappa shape index (κ2) is 6.12. The SMILES string of the molecule is Cn1ccc2cc(CN3CCCC4(CCC(=O)N(C5CC5)C4)C3)ccc21. The molecule has 1 aromatic carbocycles. The lowest BCUT2D eigenvalue weighted by Crippen LogP contribution is -2.54. The molecule has 0 bridgehead atoms. The van der Waals surface area contributed by atoms with Crippen LogP contribution in [0.4, 0.5) is 0 Å². The van der Waals surface area contributed by atoms with Crippen molar-refractivity contribution in [3.05, 3.63) is 36.0 Å². The number of rotatable bonds is 3. The Labute approximate surface area is 155 Å². The summed E-state index contributed by atoms with van der Waals surface area (Å²) in [5, 5.41) is 1.33. The van der Waals surface area contributed by atoms with Crippen LogP contribution in [0.1, 0.15) is 44.1 Å². The van der Waals surface area contributed by atoms with Crippen molar-refractivity contribution >= 4 is 16.8 Å². The Kier molecular flexibility index (Phi) is 3.85. The van der Waals surface area contributed by atoms with E-state index in [1.54, 1.807) is 0 Å². The van der Waals surface area contributed by atoms with Gasteiger partial charge in [0.15, 0.2) is 0 Å². The van der Waals surface area contributed by atoms with Crippen LogP contribution in [0.5, 0.6) is 0 Å². The number of hydrogen-bond acceptors (Lipinski definition) is 2. The fraction of sp³-hybridized carbons (Fsp3) is 0.591. The van der Waals surface area contributed by atoms with Crippen molar-refractivity contribution in [2.75, 3.05) is 19.6 Å². The first kappa shape index (κ1) is 16.4. The summed E-state index contributed by atoms with van der Waals surface area (Å²) in [6, 6.07) is 9.65. The van der Waals surface area contributed by atoms with Crippen LogP contribution in [-0.2, 0) is 18.4 Å². The number of aromatic nitrogens is 1. The minimum absolute atomic E-state index is 0.339. The van der Waals surface area contributed by atoms with Crippen molar-refractivity contribution in [2.45, 2.75) is 51.1 Å². The number of piperidine rings is 2. The molecule has 1 amide bonds. The molecule has 1 spiro atoms. The summed E-state index contributed by atoms with van der Waals surface area (Å²) in [6.07, 6.45) is 8.99. The Morgan fingerprint density at radius 3 is 2.88 bits per heavy atom. The molecule has 1 aromatic heterocycles. The summed E-state index contributed by atoms with van der Waals surface area (Å²) in [5.41, 5.74) is 3.05. The Balaban J connectivity index is 1.31. The summed E-state index contributed by atoms with van der Waals surface area (Å²) in [7, 11) is 2.10. The summed E-state index contributed by atoms with van der Waals surface area (Å²) in [4.78, 5) is 17.2. The molecule has 26 heavy (non-hydrogen) atoms. The van der Waals surface area contributed by atoms with Crippen LogP contribution in [0.3, 0.4) is 0 Å². The molecule has 0 N–H and O–H groups in total. The summed E-state index contributed by atoms with van der Waals surface area (Å²) >= 11 is 0. The average molecular weight is 351 g/mol. The molecule has 1 unspecified atom stereocenters. The molecular weight excluding hydrogens is 322 g/mol. The smallest absolute Gasteiger partial charge is 0.222 e. The van der Waals surface area contributed by atoms with E-state index in [0.29, 0.717) is 17.4 Å². The molecule has 1 aliphatic carbocycles. The highest BCUT2D eigenvalue weighted by molar-refractivity contribution is 5.80. The molecule has 1 saturated carbocycles. The monoisotopic (exact) mass is 351 g/mol. The van der Waals surface area contributed by atoms with Gasteiger partial charge in [-0.15, -0.1) is 0 Å². The van der Waals surface area contributed by atoms with Gasteiger partial charge in [-0.2, -0.15) is 0 Å². The molecule has 2 aliphatic heterocycles. The van der Waals surface area contributed by atoms with Crippen LogP contribution in [0, 0.1) is 5.41 Å². The van der Waals surface area contributed by atoms with Crippen molar-refractivity contribution < 1.29 is 4.79 Å². The molecule has 4 heteroatoms. The third-order valence-corrected chi connectivity index (χ3v) is 6.78. The third kappa shape index (κ3) is 2.94. The zero-order chi connectivity index (χ0) is 17.7. The lowest BCUT2D eigenvalue weighted by atomic mass is 9.73. The Morgan fingerprint density at radius 1 is 1.15 bits per heavy atom. The number of nitrogens with zero attached hydrogens (tertiary/aromatic N) is 3. The summed E-state index contributed by atoms with van der Waals surface area (Å²) in [5.74, 6) is 0.407. The predicted molar refractivity (Wildman–Crippen MR) is 104 cm³/mol. The summed E-state index contributed by atoms with van der Waals surface area (Å²) in [6.45, 7) is 4.37. The van der Waals surface area contributed by atoms with E-state index in [9.17, 15) is 4.79 Å². The normalized spacial score (nSPS) is 27.6. The maximum atomic E-state index is 12.3. The van der Waals surface area contributed by atoms with E-state index in [4.69, 9.17) is 0 Å². The Hall–Kier alpha value is -1.81. The molecule has 5 rings (SSSR count). The number of carbonyl (C=O) groups is 1. The lowest BCUT2D eigenvalue weighted by Gasteiger charge is -2.48. The zero-order valence-electron chi connectivity index (χ0n) is 15.8. The van der Waals surface area contributed by atoms with Gasteiger partial charge < -0.3 is 9.47 Å². The second-order valence-electron chi connectivity index (χ2n) is 8.89. The quantitative estimate of drug-likeness (QED) is 0.846. The molecule has 2 saturated heterocycles. The van der Waals surface area contributed by atoms with Crippen LogP contribution in [0.15, 0.2) is 30.5 Å². The van der Waals surface area contributed by atoms with Crippen molar-refractivity contribution in [3.8, 4) is 0 Å². The van der Waals surface area contributed by atoms with Gasteiger partial charge in [-0.25, -0.2) is 0 Å². The van der Waals surface area contributed by atoms with Gasteiger partial charge in [0.2, 0.25) is 5.91 Å². The fourth-order valence-electron chi connectivity index (χ4n) is 5.23. The van der Waals surface area contributed by atoms with Gasteiger partial charge in [-0.1, -0.05) is 6.07 Å². The average Bonchev–Trinajstić information content (AvgIpc) is 3.42. The molecule has 2 aromatic rings. The largest absolute Gasteiger partial charge is 0.351 e. The summed E-state index contributed by atoms with van der Waals surface area (Å²) < 4.78 is 2.18. The van der Waals surface area contributed by atoms with Gasteiger partial charge in [0, 0.05) is 56.3 Å². The maximum absolute atomic E-state index is 12.3. The number of hydrogen-bond donors (Lipinski definition) is 0. The van der Waals surface area contributed by atoms with Gasteiger partial charge in [0.1, 0.15) is 0 Å². The molecular formula is C22H29N3O. The van der Waals surface area contributed by atoms with Crippen LogP contribution in [-0.4, -0.2) is 46.0 Å². The predicted octanol–water partition coefficient (Wildman–Crippen LogP) is 3.55. The van der Waals surface area contributed by atoms with E-state index < -0.39 is 0 Å². The first-order valence-corrected chi connectivity index (χ1v) is 10.2. The number of likely N-dealkylation sites (tertiary alicyclic amines) is 2. The van der Waals surface area contributed by atoms with Gasteiger partial charge in [-0.3, -0.25) is 9.69 Å². The fourth-order valence-corrected chi connectivity index (χ4v) is 5.23. The lowest BCUT2D eigenvalue weighted by molar-refractivity contribution is -0.140. The second-order valence-corrected chi connectivity index (χ2v) is 8.89. The van der Waals surface area contributed by atoms with E-state index in [-0.39, 0.29) is 0 Å². The highest BCUT2D eigenvalue weighted by Crippen LogP contribution is 2.42. The van der Waals surface area contributed by atoms with Gasteiger partial charge >= 0.3 is 0 Å². The minimum Gasteiger partial charge on any atom is -0.351 e. The van der Waals surface area contributed by atoms with Gasteiger partial charge in [0.05, 0.1) is 0 Å². The Morgan fingerprint density at radius 2 is 2.04 bits per heavy atom. The number of carbonyl (C=O) groups excluding carboxylic acids is 1. The maximum Gasteiger partial charge on any atom is 0.222 e. The number of benzene rings is 1. The standard InChI is InChI=1S/C22H29N3O/c1-23-12-8-18-13-17(3-6-20(18)23)14-24-11-2-9-22(15-24)10-7-21(26)25(16-22)19-4-5-19/h3,6,8,12-13,19H,2,4-5,7,9-11,14-16H2,1H3. The topological polar surface area (TPSA) is 28.5 Å². The zero-order valence-corrected chi connectivity index (χ0v) is 15.8. The van der Waals surface area contributed by atoms with Crippen LogP contribution in [0.2, 0.25) is 0 Å². The van der Waals surface area contributed by atoms with E-state index in [2.05, 4.69) is 51.9 Å². The molecule has 138 valence electrons. The number of fused-ring (bicyclic) bond motifs is 1. The van der Waals surface area contributed by atoms with Crippen molar-refractivity contribution in [3.63, 3.8) is 0 Å². The number of aryl methyl sites for hydroxylation is 1. The van der Waals surface area contributed by atoms with Crippen LogP contribution >= 0.6 is 0 Å².